The Morgan fingerprint density at radius 3 is 2.14 bits per heavy atom. The summed E-state index contributed by atoms with van der Waals surface area (Å²) in [6.07, 6.45) is 2.02. The maximum absolute atomic E-state index is 12.5. The molecule has 1 saturated heterocycles. The van der Waals surface area contributed by atoms with Gasteiger partial charge in [0.05, 0.1) is 0 Å². The van der Waals surface area contributed by atoms with E-state index in [1.165, 1.54) is 5.56 Å². The molecule has 1 aliphatic rings. The van der Waals surface area contributed by atoms with Gasteiger partial charge in [-0.15, -0.1) is 11.6 Å². The number of halogens is 1. The number of rotatable bonds is 2. The fourth-order valence-electron chi connectivity index (χ4n) is 2.86. The van der Waals surface area contributed by atoms with Crippen molar-refractivity contribution in [1.29, 1.82) is 0 Å². The number of hydrogen-bond donors (Lipinski definition) is 0. The molecule has 0 aliphatic carbocycles. The van der Waals surface area contributed by atoms with E-state index in [0.717, 1.165) is 31.5 Å². The molecule has 0 radical (unpaired) electrons. The van der Waals surface area contributed by atoms with Gasteiger partial charge in [-0.05, 0) is 48.8 Å². The highest BCUT2D eigenvalue weighted by molar-refractivity contribution is 6.20. The number of carbonyl (C=O) groups excluding carboxylic acids is 1. The predicted molar refractivity (Wildman–Crippen MR) is 89.1 cm³/mol. The summed E-state index contributed by atoms with van der Waals surface area (Å²) in [6.45, 7) is 10.2. The molecule has 2 rings (SSSR count). The lowest BCUT2D eigenvalue weighted by atomic mass is 9.86. The van der Waals surface area contributed by atoms with E-state index in [0.29, 0.717) is 5.92 Å². The minimum Gasteiger partial charge on any atom is -0.339 e. The van der Waals surface area contributed by atoms with Gasteiger partial charge in [-0.3, -0.25) is 4.79 Å². The number of piperidine rings is 1. The van der Waals surface area contributed by atoms with Crippen LogP contribution in [-0.4, -0.2) is 29.3 Å². The molecule has 0 aromatic heterocycles. The molecule has 1 fully saturated rings. The third-order valence-corrected chi connectivity index (χ3v) is 4.83. The Balaban J connectivity index is 2.01. The number of amides is 1. The summed E-state index contributed by atoms with van der Waals surface area (Å²) in [7, 11) is 0. The molecule has 2 nitrogen and oxygen atoms in total. The molecule has 0 saturated carbocycles. The Morgan fingerprint density at radius 2 is 1.71 bits per heavy atom. The second-order valence-electron chi connectivity index (χ2n) is 7.13. The third-order valence-electron chi connectivity index (χ3n) is 4.47. The summed E-state index contributed by atoms with van der Waals surface area (Å²) in [4.78, 5) is 14.5. The highest BCUT2D eigenvalue weighted by Crippen LogP contribution is 2.26. The van der Waals surface area contributed by atoms with Crippen molar-refractivity contribution in [2.45, 2.75) is 51.3 Å². The van der Waals surface area contributed by atoms with E-state index in [-0.39, 0.29) is 16.7 Å². The van der Waals surface area contributed by atoms with E-state index in [1.807, 2.05) is 17.0 Å². The first-order valence-corrected chi connectivity index (χ1v) is 8.26. The van der Waals surface area contributed by atoms with Crippen LogP contribution in [0.15, 0.2) is 24.3 Å². The third kappa shape index (κ3) is 4.00. The topological polar surface area (TPSA) is 20.3 Å². The number of likely N-dealkylation sites (tertiary alicyclic amines) is 1. The van der Waals surface area contributed by atoms with Crippen molar-refractivity contribution in [2.24, 2.45) is 5.92 Å². The van der Waals surface area contributed by atoms with Crippen LogP contribution in [0.25, 0.3) is 0 Å². The zero-order chi connectivity index (χ0) is 15.6. The largest absolute Gasteiger partial charge is 0.339 e. The number of carbonyl (C=O) groups is 1. The zero-order valence-electron chi connectivity index (χ0n) is 13.5. The van der Waals surface area contributed by atoms with Gasteiger partial charge >= 0.3 is 0 Å². The summed E-state index contributed by atoms with van der Waals surface area (Å²) in [5.74, 6) is 0.690. The van der Waals surface area contributed by atoms with Crippen molar-refractivity contribution in [3.05, 3.63) is 35.4 Å². The molecule has 1 heterocycles. The Kier molecular flexibility index (Phi) is 4.98. The molecule has 1 aliphatic heterocycles. The monoisotopic (exact) mass is 307 g/mol. The van der Waals surface area contributed by atoms with Crippen molar-refractivity contribution in [2.75, 3.05) is 13.1 Å². The highest BCUT2D eigenvalue weighted by atomic mass is 35.5. The summed E-state index contributed by atoms with van der Waals surface area (Å²) >= 11 is 6.16. The number of nitrogens with zero attached hydrogens (tertiary/aromatic N) is 1. The molecule has 1 unspecified atom stereocenters. The first-order chi connectivity index (χ1) is 9.79. The van der Waals surface area contributed by atoms with Gasteiger partial charge in [0.25, 0.3) is 5.91 Å². The molecule has 21 heavy (non-hydrogen) atoms. The van der Waals surface area contributed by atoms with Crippen LogP contribution in [0.1, 0.15) is 56.5 Å². The molecule has 0 N–H and O–H groups in total. The normalized spacial score (nSPS) is 18.6. The number of alkyl halides is 1. The molecule has 0 bridgehead atoms. The summed E-state index contributed by atoms with van der Waals surface area (Å²) in [5, 5.41) is 0.202. The molecular formula is C18H26ClNO. The predicted octanol–water partition coefficient (Wildman–Crippen LogP) is 4.46. The highest BCUT2D eigenvalue weighted by Gasteiger charge is 2.26. The zero-order valence-corrected chi connectivity index (χ0v) is 14.3. The molecule has 116 valence electrons. The van der Waals surface area contributed by atoms with Crippen LogP contribution in [0.3, 0.4) is 0 Å². The van der Waals surface area contributed by atoms with Crippen molar-refractivity contribution < 1.29 is 4.79 Å². The van der Waals surface area contributed by atoms with Gasteiger partial charge in [0.15, 0.2) is 0 Å². The average molecular weight is 308 g/mol. The second-order valence-corrected chi connectivity index (χ2v) is 7.82. The van der Waals surface area contributed by atoms with Gasteiger partial charge in [0.2, 0.25) is 0 Å². The standard InChI is InChI=1S/C18H26ClNO/c1-13(19)14-9-11-20(12-10-14)17(21)15-5-7-16(8-6-15)18(2,3)4/h5-8,13-14H,9-12H2,1-4H3. The van der Waals surface area contributed by atoms with Gasteiger partial charge in [-0.2, -0.15) is 0 Å². The molecule has 0 spiro atoms. The average Bonchev–Trinajstić information content (AvgIpc) is 2.46. The van der Waals surface area contributed by atoms with Crippen molar-refractivity contribution >= 4 is 17.5 Å². The minimum atomic E-state index is 0.121. The lowest BCUT2D eigenvalue weighted by Gasteiger charge is -2.33. The van der Waals surface area contributed by atoms with Crippen LogP contribution >= 0.6 is 11.6 Å². The van der Waals surface area contributed by atoms with Crippen LogP contribution < -0.4 is 0 Å². The van der Waals surface area contributed by atoms with Gasteiger partial charge in [0.1, 0.15) is 0 Å². The molecule has 1 aromatic carbocycles. The molecule has 1 amide bonds. The van der Waals surface area contributed by atoms with Gasteiger partial charge in [-0.25, -0.2) is 0 Å². The van der Waals surface area contributed by atoms with E-state index < -0.39 is 0 Å². The van der Waals surface area contributed by atoms with Crippen LogP contribution in [0, 0.1) is 5.92 Å². The molecular weight excluding hydrogens is 282 g/mol. The Morgan fingerprint density at radius 1 is 1.19 bits per heavy atom. The van der Waals surface area contributed by atoms with Crippen molar-refractivity contribution in [3.8, 4) is 0 Å². The van der Waals surface area contributed by atoms with E-state index in [1.54, 1.807) is 0 Å². The summed E-state index contributed by atoms with van der Waals surface area (Å²) in [5.41, 5.74) is 2.17. The summed E-state index contributed by atoms with van der Waals surface area (Å²) < 4.78 is 0. The van der Waals surface area contributed by atoms with E-state index >= 15 is 0 Å². The van der Waals surface area contributed by atoms with Crippen LogP contribution in [0.2, 0.25) is 0 Å². The maximum atomic E-state index is 12.5. The van der Waals surface area contributed by atoms with Crippen molar-refractivity contribution in [3.63, 3.8) is 0 Å². The van der Waals surface area contributed by atoms with Gasteiger partial charge in [0, 0.05) is 24.0 Å². The van der Waals surface area contributed by atoms with E-state index in [2.05, 4.69) is 39.8 Å². The van der Waals surface area contributed by atoms with Crippen molar-refractivity contribution in [1.82, 2.24) is 4.90 Å². The van der Waals surface area contributed by atoms with Crippen LogP contribution in [-0.2, 0) is 5.41 Å². The fourth-order valence-corrected chi connectivity index (χ4v) is 3.11. The molecule has 1 atom stereocenters. The number of hydrogen-bond acceptors (Lipinski definition) is 1. The second kappa shape index (κ2) is 6.39. The molecule has 3 heteroatoms. The number of benzene rings is 1. The lowest BCUT2D eigenvalue weighted by molar-refractivity contribution is 0.0690. The van der Waals surface area contributed by atoms with Crippen LogP contribution in [0.4, 0.5) is 0 Å². The van der Waals surface area contributed by atoms with E-state index in [4.69, 9.17) is 11.6 Å². The Hall–Kier alpha value is -1.02. The summed E-state index contributed by atoms with van der Waals surface area (Å²) in [6, 6.07) is 8.06. The quantitative estimate of drug-likeness (QED) is 0.739. The Bertz CT molecular complexity index is 479. The minimum absolute atomic E-state index is 0.121. The van der Waals surface area contributed by atoms with Gasteiger partial charge in [-0.1, -0.05) is 32.9 Å². The van der Waals surface area contributed by atoms with Crippen LogP contribution in [0.5, 0.6) is 0 Å². The first-order valence-electron chi connectivity index (χ1n) is 7.83. The lowest BCUT2D eigenvalue weighted by Crippen LogP contribution is -2.40. The fraction of sp³-hybridized carbons (Fsp3) is 0.611. The SMILES string of the molecule is CC(Cl)C1CCN(C(=O)c2ccc(C(C)(C)C)cc2)CC1. The van der Waals surface area contributed by atoms with Gasteiger partial charge < -0.3 is 4.90 Å². The smallest absolute Gasteiger partial charge is 0.253 e. The Labute approximate surface area is 133 Å². The first kappa shape index (κ1) is 16.4. The van der Waals surface area contributed by atoms with E-state index in [9.17, 15) is 4.79 Å². The molecule has 1 aromatic rings. The maximum Gasteiger partial charge on any atom is 0.253 e.